The molecule has 0 radical (unpaired) electrons. The van der Waals surface area contributed by atoms with Gasteiger partial charge in [0, 0.05) is 22.6 Å². The second-order valence-electron chi connectivity index (χ2n) is 5.54. The lowest BCUT2D eigenvalue weighted by molar-refractivity contribution is 0.0601. The molecule has 0 saturated carbocycles. The van der Waals surface area contributed by atoms with Crippen LogP contribution in [0.3, 0.4) is 0 Å². The predicted molar refractivity (Wildman–Crippen MR) is 89.4 cm³/mol. The van der Waals surface area contributed by atoms with E-state index in [2.05, 4.69) is 9.97 Å². The molecule has 0 atom stereocenters. The average Bonchev–Trinajstić information content (AvgIpc) is 3.06. The number of hydrogen-bond donors (Lipinski definition) is 2. The molecule has 2 N–H and O–H groups in total. The number of ether oxygens (including phenoxy) is 1. The van der Waals surface area contributed by atoms with Gasteiger partial charge in [-0.15, -0.1) is 0 Å². The number of carbonyl (C=O) groups excluding carboxylic acids is 1. The van der Waals surface area contributed by atoms with Crippen molar-refractivity contribution in [3.63, 3.8) is 0 Å². The molecule has 0 unspecified atom stereocenters. The number of aromatic amines is 2. The van der Waals surface area contributed by atoms with E-state index in [1.165, 1.54) is 7.11 Å². The Morgan fingerprint density at radius 2 is 1.70 bits per heavy atom. The Morgan fingerprint density at radius 3 is 2.35 bits per heavy atom. The van der Waals surface area contributed by atoms with Crippen molar-refractivity contribution in [2.45, 2.75) is 20.8 Å². The maximum atomic E-state index is 12.1. The van der Waals surface area contributed by atoms with Crippen LogP contribution in [0.15, 0.2) is 30.3 Å². The number of aromatic nitrogens is 3. The van der Waals surface area contributed by atoms with Crippen LogP contribution in [0.1, 0.15) is 27.4 Å². The largest absolute Gasteiger partial charge is 0.465 e. The van der Waals surface area contributed by atoms with Crippen LogP contribution >= 0.6 is 0 Å². The molecule has 0 amide bonds. The first-order valence-electron chi connectivity index (χ1n) is 7.42. The lowest BCUT2D eigenvalue weighted by Gasteiger charge is -2.02. The molecule has 3 aromatic rings. The maximum absolute atomic E-state index is 12.1. The Hall–Kier alpha value is -2.82. The van der Waals surface area contributed by atoms with E-state index >= 15 is 0 Å². The molecule has 0 saturated heterocycles. The molecule has 0 bridgehead atoms. The van der Waals surface area contributed by atoms with Crippen LogP contribution < -0.4 is 0 Å². The average molecular weight is 309 g/mol. The molecule has 1 aromatic carbocycles. The number of hydrogen-bond acceptors (Lipinski definition) is 3. The molecule has 3 rings (SSSR count). The monoisotopic (exact) mass is 309 g/mol. The van der Waals surface area contributed by atoms with Crippen molar-refractivity contribution >= 4 is 5.97 Å². The molecular weight excluding hydrogens is 290 g/mol. The third-order valence-corrected chi connectivity index (χ3v) is 3.93. The highest BCUT2D eigenvalue weighted by molar-refractivity contribution is 5.98. The number of nitrogens with one attached hydrogen (secondary N) is 2. The van der Waals surface area contributed by atoms with Gasteiger partial charge in [0.1, 0.15) is 5.82 Å². The minimum absolute atomic E-state index is 0.364. The van der Waals surface area contributed by atoms with Gasteiger partial charge in [0.05, 0.1) is 23.9 Å². The van der Waals surface area contributed by atoms with E-state index in [0.717, 1.165) is 33.9 Å². The summed E-state index contributed by atoms with van der Waals surface area (Å²) in [4.78, 5) is 23.3. The Bertz CT molecular complexity index is 860. The van der Waals surface area contributed by atoms with Crippen molar-refractivity contribution in [2.75, 3.05) is 7.11 Å². The summed E-state index contributed by atoms with van der Waals surface area (Å²) in [6, 6.07) is 9.97. The molecule has 2 aromatic heterocycles. The Labute approximate surface area is 134 Å². The number of methoxy groups -OCH3 is 1. The first kappa shape index (κ1) is 15.1. The van der Waals surface area contributed by atoms with E-state index in [1.54, 1.807) is 0 Å². The number of nitrogens with zero attached hydrogens (tertiary/aromatic N) is 1. The zero-order valence-corrected chi connectivity index (χ0v) is 13.7. The van der Waals surface area contributed by atoms with Gasteiger partial charge < -0.3 is 14.7 Å². The van der Waals surface area contributed by atoms with Crippen LogP contribution in [0.25, 0.3) is 22.6 Å². The summed E-state index contributed by atoms with van der Waals surface area (Å²) in [7, 11) is 1.39. The van der Waals surface area contributed by atoms with Crippen LogP contribution in [0.4, 0.5) is 0 Å². The maximum Gasteiger partial charge on any atom is 0.340 e. The number of imidazole rings is 1. The summed E-state index contributed by atoms with van der Waals surface area (Å²) < 4.78 is 4.91. The highest BCUT2D eigenvalue weighted by atomic mass is 16.5. The molecule has 23 heavy (non-hydrogen) atoms. The SMILES string of the molecule is COC(=O)c1c(C)[nH]c(C)c1-c1nc(-c2ccccc2)c(C)[nH]1. The topological polar surface area (TPSA) is 70.8 Å². The van der Waals surface area contributed by atoms with Crippen molar-refractivity contribution in [1.82, 2.24) is 15.0 Å². The molecule has 0 aliphatic carbocycles. The summed E-state index contributed by atoms with van der Waals surface area (Å²) >= 11 is 0. The Balaban J connectivity index is 2.16. The minimum Gasteiger partial charge on any atom is -0.465 e. The van der Waals surface area contributed by atoms with Crippen LogP contribution in [-0.4, -0.2) is 28.0 Å². The third kappa shape index (κ3) is 2.54. The van der Waals surface area contributed by atoms with E-state index < -0.39 is 0 Å². The fourth-order valence-electron chi connectivity index (χ4n) is 2.89. The van der Waals surface area contributed by atoms with Gasteiger partial charge >= 0.3 is 5.97 Å². The summed E-state index contributed by atoms with van der Waals surface area (Å²) in [6.07, 6.45) is 0. The molecule has 0 spiro atoms. The first-order chi connectivity index (χ1) is 11.0. The molecule has 0 fully saturated rings. The van der Waals surface area contributed by atoms with Crippen LogP contribution in [0, 0.1) is 20.8 Å². The lowest BCUT2D eigenvalue weighted by atomic mass is 10.1. The van der Waals surface area contributed by atoms with E-state index in [4.69, 9.17) is 9.72 Å². The molecule has 0 aliphatic rings. The first-order valence-corrected chi connectivity index (χ1v) is 7.42. The van der Waals surface area contributed by atoms with Gasteiger partial charge in [0.15, 0.2) is 0 Å². The Kier molecular flexibility index (Phi) is 3.78. The second-order valence-corrected chi connectivity index (χ2v) is 5.54. The van der Waals surface area contributed by atoms with Gasteiger partial charge in [0.2, 0.25) is 0 Å². The number of H-pyrrole nitrogens is 2. The van der Waals surface area contributed by atoms with Crippen molar-refractivity contribution in [3.05, 3.63) is 53.0 Å². The van der Waals surface area contributed by atoms with Crippen molar-refractivity contribution in [3.8, 4) is 22.6 Å². The van der Waals surface area contributed by atoms with Gasteiger partial charge in [-0.3, -0.25) is 0 Å². The number of carbonyl (C=O) groups is 1. The fourth-order valence-corrected chi connectivity index (χ4v) is 2.89. The summed E-state index contributed by atoms with van der Waals surface area (Å²) in [5.41, 5.74) is 5.83. The van der Waals surface area contributed by atoms with Crippen molar-refractivity contribution in [1.29, 1.82) is 0 Å². The van der Waals surface area contributed by atoms with Crippen LogP contribution in [-0.2, 0) is 4.74 Å². The summed E-state index contributed by atoms with van der Waals surface area (Å²) in [6.45, 7) is 5.76. The van der Waals surface area contributed by atoms with Crippen molar-refractivity contribution in [2.24, 2.45) is 0 Å². The highest BCUT2D eigenvalue weighted by Crippen LogP contribution is 2.31. The standard InChI is InChI=1S/C18H19N3O2/c1-10-14(15(11(2)19-10)18(22)23-4)17-20-12(3)16(21-17)13-8-6-5-7-9-13/h5-9,19H,1-4H3,(H,20,21). The molecule has 0 aliphatic heterocycles. The second kappa shape index (κ2) is 5.76. The zero-order valence-electron chi connectivity index (χ0n) is 13.7. The molecule has 118 valence electrons. The van der Waals surface area contributed by atoms with Gasteiger partial charge in [-0.2, -0.15) is 0 Å². The van der Waals surface area contributed by atoms with Crippen LogP contribution in [0.2, 0.25) is 0 Å². The third-order valence-electron chi connectivity index (χ3n) is 3.93. The highest BCUT2D eigenvalue weighted by Gasteiger charge is 2.24. The fraction of sp³-hybridized carbons (Fsp3) is 0.222. The van der Waals surface area contributed by atoms with Crippen molar-refractivity contribution < 1.29 is 9.53 Å². The molecule has 5 nitrogen and oxygen atoms in total. The summed E-state index contributed by atoms with van der Waals surface area (Å²) in [5.74, 6) is 0.306. The smallest absolute Gasteiger partial charge is 0.340 e. The molecular formula is C18H19N3O2. The quantitative estimate of drug-likeness (QED) is 0.723. The number of esters is 1. The van der Waals surface area contributed by atoms with E-state index in [-0.39, 0.29) is 5.97 Å². The van der Waals surface area contributed by atoms with Crippen LogP contribution in [0.5, 0.6) is 0 Å². The predicted octanol–water partition coefficient (Wildman–Crippen LogP) is 3.78. The van der Waals surface area contributed by atoms with Gasteiger partial charge in [0.25, 0.3) is 0 Å². The normalized spacial score (nSPS) is 10.8. The zero-order chi connectivity index (χ0) is 16.6. The number of rotatable bonds is 3. The minimum atomic E-state index is -0.364. The van der Waals surface area contributed by atoms with E-state index in [9.17, 15) is 4.79 Å². The van der Waals surface area contributed by atoms with Gasteiger partial charge in [-0.05, 0) is 20.8 Å². The van der Waals surface area contributed by atoms with E-state index in [0.29, 0.717) is 11.4 Å². The number of benzene rings is 1. The number of aryl methyl sites for hydroxylation is 3. The van der Waals surface area contributed by atoms with Gasteiger partial charge in [-0.25, -0.2) is 9.78 Å². The summed E-state index contributed by atoms with van der Waals surface area (Å²) in [5, 5.41) is 0. The van der Waals surface area contributed by atoms with E-state index in [1.807, 2.05) is 51.1 Å². The molecule has 2 heterocycles. The Morgan fingerprint density at radius 1 is 1.00 bits per heavy atom. The lowest BCUT2D eigenvalue weighted by Crippen LogP contribution is -2.04. The molecule has 5 heteroatoms. The van der Waals surface area contributed by atoms with Gasteiger partial charge in [-0.1, -0.05) is 30.3 Å².